The fraction of sp³-hybridized carbons (Fsp3) is 0.938. The first-order valence-corrected chi connectivity index (χ1v) is 8.16. The van der Waals surface area contributed by atoms with Crippen LogP contribution in [0.25, 0.3) is 0 Å². The summed E-state index contributed by atoms with van der Waals surface area (Å²) >= 11 is 0. The lowest BCUT2D eigenvalue weighted by atomic mass is 10.0. The first-order valence-electron chi connectivity index (χ1n) is 8.16. The van der Waals surface area contributed by atoms with Gasteiger partial charge in [0.1, 0.15) is 0 Å². The van der Waals surface area contributed by atoms with Gasteiger partial charge in [0, 0.05) is 14.2 Å². The van der Waals surface area contributed by atoms with Gasteiger partial charge in [-0.05, 0) is 24.7 Å². The Hall–Kier alpha value is -0.650. The van der Waals surface area contributed by atoms with Crippen molar-refractivity contribution < 1.29 is 14.3 Å². The molecule has 1 heterocycles. The summed E-state index contributed by atoms with van der Waals surface area (Å²) in [7, 11) is 3.35. The molecule has 5 heteroatoms. The molecule has 2 fully saturated rings. The van der Waals surface area contributed by atoms with Gasteiger partial charge in [-0.2, -0.15) is 0 Å². The van der Waals surface area contributed by atoms with Crippen molar-refractivity contribution in [2.24, 2.45) is 11.8 Å². The van der Waals surface area contributed by atoms with Gasteiger partial charge in [0.05, 0.1) is 31.5 Å². The van der Waals surface area contributed by atoms with E-state index in [-0.39, 0.29) is 24.2 Å². The second-order valence-electron chi connectivity index (χ2n) is 6.68. The highest BCUT2D eigenvalue weighted by Crippen LogP contribution is 2.33. The van der Waals surface area contributed by atoms with Crippen LogP contribution in [0.1, 0.15) is 39.5 Å². The lowest BCUT2D eigenvalue weighted by Crippen LogP contribution is -2.47. The maximum Gasteiger partial charge on any atom is 0.241 e. The van der Waals surface area contributed by atoms with E-state index < -0.39 is 0 Å². The molecule has 1 aliphatic carbocycles. The van der Waals surface area contributed by atoms with Gasteiger partial charge in [-0.15, -0.1) is 0 Å². The highest BCUT2D eigenvalue weighted by molar-refractivity contribution is 5.84. The summed E-state index contributed by atoms with van der Waals surface area (Å²) in [6.45, 7) is 5.34. The zero-order chi connectivity index (χ0) is 15.4. The van der Waals surface area contributed by atoms with Gasteiger partial charge < -0.3 is 14.4 Å². The fourth-order valence-electron chi connectivity index (χ4n) is 3.61. The molecule has 2 aliphatic rings. The van der Waals surface area contributed by atoms with Crippen LogP contribution in [0.3, 0.4) is 0 Å². The zero-order valence-corrected chi connectivity index (χ0v) is 13.8. The summed E-state index contributed by atoms with van der Waals surface area (Å²) in [5.41, 5.74) is 0. The number of amides is 1. The van der Waals surface area contributed by atoms with E-state index in [9.17, 15) is 4.79 Å². The number of carbonyl (C=O) groups excluding carboxylic acids is 1. The number of rotatable bonds is 7. The smallest absolute Gasteiger partial charge is 0.241 e. The molecule has 122 valence electrons. The van der Waals surface area contributed by atoms with Crippen LogP contribution in [0.4, 0.5) is 0 Å². The molecule has 1 aliphatic heterocycles. The van der Waals surface area contributed by atoms with E-state index in [1.54, 1.807) is 14.2 Å². The average molecular weight is 298 g/mol. The standard InChI is InChI=1S/C16H30N2O3/c1-11(2)14-16(19)18(9-13(21-4)10-20-3)15(17-14)12-7-5-6-8-12/h11-15,17H,5-10H2,1-4H3. The van der Waals surface area contributed by atoms with Crippen LogP contribution in [-0.4, -0.2) is 56.5 Å². The molecule has 1 amide bonds. The van der Waals surface area contributed by atoms with Gasteiger partial charge in [0.15, 0.2) is 0 Å². The van der Waals surface area contributed by atoms with E-state index in [2.05, 4.69) is 19.2 Å². The molecular formula is C16H30N2O3. The molecule has 1 saturated heterocycles. The fourth-order valence-corrected chi connectivity index (χ4v) is 3.61. The molecule has 0 bridgehead atoms. The highest BCUT2D eigenvalue weighted by Gasteiger charge is 2.44. The van der Waals surface area contributed by atoms with Gasteiger partial charge in [-0.25, -0.2) is 0 Å². The van der Waals surface area contributed by atoms with Crippen LogP contribution in [0, 0.1) is 11.8 Å². The predicted octanol–water partition coefficient (Wildman–Crippen LogP) is 1.62. The monoisotopic (exact) mass is 298 g/mol. The number of nitrogens with zero attached hydrogens (tertiary/aromatic N) is 1. The number of ether oxygens (including phenoxy) is 2. The topological polar surface area (TPSA) is 50.8 Å². The van der Waals surface area contributed by atoms with E-state index in [0.717, 1.165) is 0 Å². The van der Waals surface area contributed by atoms with E-state index in [1.165, 1.54) is 25.7 Å². The predicted molar refractivity (Wildman–Crippen MR) is 81.9 cm³/mol. The number of nitrogens with one attached hydrogen (secondary N) is 1. The number of hydrogen-bond acceptors (Lipinski definition) is 4. The minimum absolute atomic E-state index is 0.0596. The van der Waals surface area contributed by atoms with Crippen molar-refractivity contribution in [3.63, 3.8) is 0 Å². The van der Waals surface area contributed by atoms with Gasteiger partial charge >= 0.3 is 0 Å². The second kappa shape index (κ2) is 7.56. The Bertz CT molecular complexity index is 342. The Labute approximate surface area is 128 Å². The van der Waals surface area contributed by atoms with E-state index in [4.69, 9.17) is 9.47 Å². The van der Waals surface area contributed by atoms with Gasteiger partial charge in [-0.1, -0.05) is 26.7 Å². The summed E-state index contributed by atoms with van der Waals surface area (Å²) < 4.78 is 10.7. The average Bonchev–Trinajstić information content (AvgIpc) is 3.07. The molecule has 3 atom stereocenters. The molecule has 1 saturated carbocycles. The van der Waals surface area contributed by atoms with Gasteiger partial charge in [0.2, 0.25) is 5.91 Å². The quantitative estimate of drug-likeness (QED) is 0.776. The van der Waals surface area contributed by atoms with Crippen molar-refractivity contribution in [2.45, 2.75) is 57.8 Å². The number of methoxy groups -OCH3 is 2. The molecular weight excluding hydrogens is 268 g/mol. The van der Waals surface area contributed by atoms with Crippen molar-refractivity contribution in [3.8, 4) is 0 Å². The third-order valence-electron chi connectivity index (χ3n) is 4.83. The lowest BCUT2D eigenvalue weighted by molar-refractivity contribution is -0.133. The van der Waals surface area contributed by atoms with Crippen LogP contribution in [0.5, 0.6) is 0 Å². The second-order valence-corrected chi connectivity index (χ2v) is 6.68. The number of carbonyl (C=O) groups is 1. The maximum atomic E-state index is 12.7. The van der Waals surface area contributed by atoms with Crippen molar-refractivity contribution in [2.75, 3.05) is 27.4 Å². The van der Waals surface area contributed by atoms with Crippen LogP contribution in [0.15, 0.2) is 0 Å². The molecule has 5 nitrogen and oxygen atoms in total. The van der Waals surface area contributed by atoms with E-state index >= 15 is 0 Å². The number of hydrogen-bond donors (Lipinski definition) is 1. The normalized spacial score (nSPS) is 28.8. The molecule has 0 spiro atoms. The SMILES string of the molecule is COCC(CN1C(=O)C(C(C)C)NC1C1CCCC1)OC. The Morgan fingerprint density at radius 2 is 1.95 bits per heavy atom. The zero-order valence-electron chi connectivity index (χ0n) is 13.8. The first kappa shape index (κ1) is 16.7. The minimum Gasteiger partial charge on any atom is -0.382 e. The lowest BCUT2D eigenvalue weighted by Gasteiger charge is -2.31. The molecule has 0 radical (unpaired) electrons. The third kappa shape index (κ3) is 3.76. The first-order chi connectivity index (χ1) is 10.1. The Balaban J connectivity index is 2.09. The Morgan fingerprint density at radius 1 is 1.29 bits per heavy atom. The van der Waals surface area contributed by atoms with Crippen molar-refractivity contribution >= 4 is 5.91 Å². The van der Waals surface area contributed by atoms with Crippen molar-refractivity contribution in [3.05, 3.63) is 0 Å². The largest absolute Gasteiger partial charge is 0.382 e. The summed E-state index contributed by atoms with van der Waals surface area (Å²) in [6.07, 6.45) is 5.10. The Kier molecular flexibility index (Phi) is 6.02. The minimum atomic E-state index is -0.0597. The molecule has 21 heavy (non-hydrogen) atoms. The summed E-state index contributed by atoms with van der Waals surface area (Å²) in [5, 5.41) is 3.58. The maximum absolute atomic E-state index is 12.7. The molecule has 0 aromatic rings. The molecule has 3 unspecified atom stereocenters. The van der Waals surface area contributed by atoms with E-state index in [0.29, 0.717) is 25.0 Å². The molecule has 1 N–H and O–H groups in total. The van der Waals surface area contributed by atoms with Crippen molar-refractivity contribution in [1.29, 1.82) is 0 Å². The molecule has 2 rings (SSSR count). The van der Waals surface area contributed by atoms with Gasteiger partial charge in [0.25, 0.3) is 0 Å². The molecule has 0 aromatic heterocycles. The van der Waals surface area contributed by atoms with Crippen LogP contribution in [0.2, 0.25) is 0 Å². The summed E-state index contributed by atoms with van der Waals surface area (Å²) in [4.78, 5) is 14.7. The van der Waals surface area contributed by atoms with Gasteiger partial charge in [-0.3, -0.25) is 10.1 Å². The van der Waals surface area contributed by atoms with Crippen LogP contribution >= 0.6 is 0 Å². The molecule has 0 aromatic carbocycles. The van der Waals surface area contributed by atoms with Crippen LogP contribution < -0.4 is 5.32 Å². The van der Waals surface area contributed by atoms with E-state index in [1.807, 2.05) is 4.90 Å². The summed E-state index contributed by atoms with van der Waals surface area (Å²) in [5.74, 6) is 1.12. The highest BCUT2D eigenvalue weighted by atomic mass is 16.5. The van der Waals surface area contributed by atoms with Crippen LogP contribution in [-0.2, 0) is 14.3 Å². The van der Waals surface area contributed by atoms with Crippen molar-refractivity contribution in [1.82, 2.24) is 10.2 Å². The third-order valence-corrected chi connectivity index (χ3v) is 4.83. The summed E-state index contributed by atoms with van der Waals surface area (Å²) in [6, 6.07) is -0.0596. The Morgan fingerprint density at radius 3 is 2.48 bits per heavy atom.